The molecule has 0 aliphatic rings. The molecule has 8 heteroatoms. The van der Waals surface area contributed by atoms with Crippen molar-refractivity contribution in [2.24, 2.45) is 0 Å². The van der Waals surface area contributed by atoms with Crippen LogP contribution in [-0.4, -0.2) is 41.9 Å². The number of rotatable bonds is 8. The second-order valence-corrected chi connectivity index (χ2v) is 8.38. The third kappa shape index (κ3) is 5.74. The maximum Gasteiger partial charge on any atom is 0.244 e. The molecule has 2 aromatic carbocycles. The van der Waals surface area contributed by atoms with Crippen LogP contribution in [0.25, 0.3) is 6.08 Å². The molecule has 156 valence electrons. The summed E-state index contributed by atoms with van der Waals surface area (Å²) in [6, 6.07) is 9.60. The van der Waals surface area contributed by atoms with Crippen LogP contribution in [0.3, 0.4) is 0 Å². The van der Waals surface area contributed by atoms with Gasteiger partial charge in [0.05, 0.1) is 32.3 Å². The fourth-order valence-corrected chi connectivity index (χ4v) is 3.35. The Bertz CT molecular complexity index is 971. The van der Waals surface area contributed by atoms with Crippen molar-refractivity contribution in [3.05, 3.63) is 53.6 Å². The van der Waals surface area contributed by atoms with E-state index < -0.39 is 9.84 Å². The van der Waals surface area contributed by atoms with E-state index in [0.717, 1.165) is 11.8 Å². The lowest BCUT2D eigenvalue weighted by Gasteiger charge is -2.14. The number of carbonyl (C=O) groups excluding carboxylic acids is 1. The van der Waals surface area contributed by atoms with Crippen molar-refractivity contribution in [1.29, 1.82) is 0 Å². The molecular formula is C21H25NO6S. The van der Waals surface area contributed by atoms with E-state index in [2.05, 4.69) is 5.32 Å². The molecule has 2 rings (SSSR count). The number of amides is 1. The highest BCUT2D eigenvalue weighted by molar-refractivity contribution is 7.90. The number of hydrogen-bond acceptors (Lipinski definition) is 6. The van der Waals surface area contributed by atoms with E-state index in [9.17, 15) is 13.2 Å². The van der Waals surface area contributed by atoms with E-state index >= 15 is 0 Å². The molecular weight excluding hydrogens is 394 g/mol. The zero-order valence-electron chi connectivity index (χ0n) is 17.1. The van der Waals surface area contributed by atoms with E-state index in [0.29, 0.717) is 22.8 Å². The minimum Gasteiger partial charge on any atom is -0.493 e. The summed E-state index contributed by atoms with van der Waals surface area (Å²) in [5.41, 5.74) is 1.51. The van der Waals surface area contributed by atoms with Crippen molar-refractivity contribution in [3.63, 3.8) is 0 Å². The molecule has 0 saturated heterocycles. The first kappa shape index (κ1) is 22.3. The Morgan fingerprint density at radius 3 is 2.00 bits per heavy atom. The SMILES string of the molecule is COc1cc(/C=C/C(=O)NC(C)c2ccc(S(C)(=O)=O)cc2)cc(OC)c1OC. The summed E-state index contributed by atoms with van der Waals surface area (Å²) >= 11 is 0. The van der Waals surface area contributed by atoms with E-state index in [1.165, 1.54) is 39.5 Å². The predicted octanol–water partition coefficient (Wildman–Crippen LogP) is 3.01. The first-order chi connectivity index (χ1) is 13.7. The molecule has 2 aromatic rings. The van der Waals surface area contributed by atoms with Crippen molar-refractivity contribution >= 4 is 21.8 Å². The topological polar surface area (TPSA) is 90.9 Å². The molecule has 1 atom stereocenters. The molecule has 7 nitrogen and oxygen atoms in total. The quantitative estimate of drug-likeness (QED) is 0.662. The average Bonchev–Trinajstić information content (AvgIpc) is 2.70. The Morgan fingerprint density at radius 2 is 1.55 bits per heavy atom. The van der Waals surface area contributed by atoms with Gasteiger partial charge in [0.1, 0.15) is 0 Å². The van der Waals surface area contributed by atoms with Crippen LogP contribution in [0.5, 0.6) is 17.2 Å². The lowest BCUT2D eigenvalue weighted by Crippen LogP contribution is -2.24. The van der Waals surface area contributed by atoms with E-state index in [1.807, 2.05) is 6.92 Å². The second-order valence-electron chi connectivity index (χ2n) is 6.36. The molecule has 1 unspecified atom stereocenters. The smallest absolute Gasteiger partial charge is 0.244 e. The zero-order valence-corrected chi connectivity index (χ0v) is 17.9. The summed E-state index contributed by atoms with van der Waals surface area (Å²) in [6.07, 6.45) is 4.20. The second kappa shape index (κ2) is 9.47. The third-order valence-corrected chi connectivity index (χ3v) is 5.41. The largest absolute Gasteiger partial charge is 0.493 e. The van der Waals surface area contributed by atoms with Crippen LogP contribution < -0.4 is 19.5 Å². The molecule has 1 N–H and O–H groups in total. The molecule has 0 spiro atoms. The summed E-state index contributed by atoms with van der Waals surface area (Å²) in [6.45, 7) is 1.82. The van der Waals surface area contributed by atoms with Crippen LogP contribution in [0.2, 0.25) is 0 Å². The molecule has 0 saturated carbocycles. The summed E-state index contributed by atoms with van der Waals surface area (Å²) in [7, 11) is 1.31. The van der Waals surface area contributed by atoms with E-state index in [1.54, 1.807) is 30.3 Å². The molecule has 1 amide bonds. The molecule has 0 bridgehead atoms. The average molecular weight is 419 g/mol. The van der Waals surface area contributed by atoms with Crippen LogP contribution in [0, 0.1) is 0 Å². The van der Waals surface area contributed by atoms with Gasteiger partial charge in [-0.05, 0) is 48.4 Å². The standard InChI is InChI=1S/C21H25NO6S/c1-14(16-7-9-17(10-8-16)29(5,24)25)22-20(23)11-6-15-12-18(26-2)21(28-4)19(13-15)27-3/h6-14H,1-5H3,(H,22,23)/b11-6+. The van der Waals surface area contributed by atoms with Crippen molar-refractivity contribution < 1.29 is 27.4 Å². The maximum absolute atomic E-state index is 12.3. The lowest BCUT2D eigenvalue weighted by atomic mass is 10.1. The minimum absolute atomic E-state index is 0.238. The molecule has 0 aromatic heterocycles. The maximum atomic E-state index is 12.3. The lowest BCUT2D eigenvalue weighted by molar-refractivity contribution is -0.117. The number of sulfone groups is 1. The molecule has 0 fully saturated rings. The molecule has 0 radical (unpaired) electrons. The number of ether oxygens (including phenoxy) is 3. The highest BCUT2D eigenvalue weighted by atomic mass is 32.2. The minimum atomic E-state index is -3.25. The van der Waals surface area contributed by atoms with Gasteiger partial charge in [-0.1, -0.05) is 12.1 Å². The molecule has 0 aliphatic heterocycles. The fraction of sp³-hybridized carbons (Fsp3) is 0.286. The highest BCUT2D eigenvalue weighted by Gasteiger charge is 2.13. The fourth-order valence-electron chi connectivity index (χ4n) is 2.72. The van der Waals surface area contributed by atoms with Gasteiger partial charge in [-0.25, -0.2) is 8.42 Å². The summed E-state index contributed by atoms with van der Waals surface area (Å²) < 4.78 is 39.0. The normalized spacial score (nSPS) is 12.4. The first-order valence-electron chi connectivity index (χ1n) is 8.78. The Balaban J connectivity index is 2.11. The first-order valence-corrected chi connectivity index (χ1v) is 10.7. The number of nitrogens with one attached hydrogen (secondary N) is 1. The van der Waals surface area contributed by atoms with Gasteiger partial charge in [-0.2, -0.15) is 0 Å². The Hall–Kier alpha value is -3.00. The zero-order chi connectivity index (χ0) is 21.6. The van der Waals surface area contributed by atoms with E-state index in [-0.39, 0.29) is 16.8 Å². The number of carbonyl (C=O) groups is 1. The third-order valence-electron chi connectivity index (χ3n) is 4.28. The highest BCUT2D eigenvalue weighted by Crippen LogP contribution is 2.38. The number of hydrogen-bond donors (Lipinski definition) is 1. The van der Waals surface area contributed by atoms with Gasteiger partial charge in [-0.3, -0.25) is 4.79 Å². The van der Waals surface area contributed by atoms with Gasteiger partial charge >= 0.3 is 0 Å². The Morgan fingerprint density at radius 1 is 1.00 bits per heavy atom. The van der Waals surface area contributed by atoms with Gasteiger partial charge in [0.25, 0.3) is 0 Å². The van der Waals surface area contributed by atoms with Crippen molar-refractivity contribution in [2.45, 2.75) is 17.9 Å². The number of benzene rings is 2. The molecule has 0 aliphatic carbocycles. The van der Waals surface area contributed by atoms with Gasteiger partial charge < -0.3 is 19.5 Å². The van der Waals surface area contributed by atoms with Crippen LogP contribution in [-0.2, 0) is 14.6 Å². The monoisotopic (exact) mass is 419 g/mol. The van der Waals surface area contributed by atoms with Crippen LogP contribution in [0.4, 0.5) is 0 Å². The van der Waals surface area contributed by atoms with Crippen molar-refractivity contribution in [1.82, 2.24) is 5.32 Å². The van der Waals surface area contributed by atoms with Gasteiger partial charge in [-0.15, -0.1) is 0 Å². The van der Waals surface area contributed by atoms with Crippen LogP contribution >= 0.6 is 0 Å². The summed E-state index contributed by atoms with van der Waals surface area (Å²) in [5.74, 6) is 1.17. The molecule has 29 heavy (non-hydrogen) atoms. The predicted molar refractivity (Wildman–Crippen MR) is 111 cm³/mol. The van der Waals surface area contributed by atoms with Crippen LogP contribution in [0.15, 0.2) is 47.4 Å². The van der Waals surface area contributed by atoms with Crippen molar-refractivity contribution in [2.75, 3.05) is 27.6 Å². The van der Waals surface area contributed by atoms with Gasteiger partial charge in [0, 0.05) is 12.3 Å². The van der Waals surface area contributed by atoms with Crippen LogP contribution in [0.1, 0.15) is 24.1 Å². The summed E-state index contributed by atoms with van der Waals surface area (Å²) in [4.78, 5) is 12.5. The van der Waals surface area contributed by atoms with Crippen molar-refractivity contribution in [3.8, 4) is 17.2 Å². The summed E-state index contributed by atoms with van der Waals surface area (Å²) in [5, 5.41) is 2.84. The van der Waals surface area contributed by atoms with Gasteiger partial charge in [0.15, 0.2) is 21.3 Å². The number of methoxy groups -OCH3 is 3. The van der Waals surface area contributed by atoms with Gasteiger partial charge in [0.2, 0.25) is 11.7 Å². The Labute approximate surface area is 171 Å². The molecule has 0 heterocycles. The Kier molecular flexibility index (Phi) is 7.28. The van der Waals surface area contributed by atoms with E-state index in [4.69, 9.17) is 14.2 Å².